The number of aromatic amines is 1. The van der Waals surface area contributed by atoms with E-state index in [1.165, 1.54) is 12.1 Å². The fourth-order valence-electron chi connectivity index (χ4n) is 4.43. The summed E-state index contributed by atoms with van der Waals surface area (Å²) in [4.78, 5) is 5.50. The van der Waals surface area contributed by atoms with Crippen LogP contribution in [0, 0.1) is 28.9 Å². The number of aromatic nitrogens is 1. The molecule has 1 aliphatic rings. The molecule has 0 spiro atoms. The van der Waals surface area contributed by atoms with E-state index in [2.05, 4.69) is 38.8 Å². The Morgan fingerprint density at radius 1 is 1.28 bits per heavy atom. The zero-order chi connectivity index (χ0) is 20.7. The monoisotopic (exact) mass is 457 g/mol. The van der Waals surface area contributed by atoms with Crippen molar-refractivity contribution in [1.82, 2.24) is 9.88 Å². The predicted molar refractivity (Wildman–Crippen MR) is 113 cm³/mol. The van der Waals surface area contributed by atoms with Gasteiger partial charge in [0.15, 0.2) is 0 Å². The molecule has 3 unspecified atom stereocenters. The van der Waals surface area contributed by atoms with Crippen LogP contribution in [0.1, 0.15) is 43.1 Å². The van der Waals surface area contributed by atoms with Crippen LogP contribution < -0.4 is 0 Å². The second-order valence-electron chi connectivity index (χ2n) is 7.73. The average Bonchev–Trinajstić information content (AvgIpc) is 3.05. The topological polar surface area (TPSA) is 42.8 Å². The maximum absolute atomic E-state index is 15.1. The summed E-state index contributed by atoms with van der Waals surface area (Å²) in [6.45, 7) is 4.49. The molecule has 0 fully saturated rings. The summed E-state index contributed by atoms with van der Waals surface area (Å²) in [6, 6.07) is 12.3. The predicted octanol–water partition coefficient (Wildman–Crippen LogP) is 6.09. The molecule has 0 saturated carbocycles. The number of halogens is 3. The lowest BCUT2D eigenvalue weighted by atomic mass is 9.87. The van der Waals surface area contributed by atoms with Crippen LogP contribution in [-0.2, 0) is 6.42 Å². The van der Waals surface area contributed by atoms with Crippen LogP contribution in [0.2, 0.25) is 0 Å². The molecule has 4 rings (SSSR count). The van der Waals surface area contributed by atoms with Gasteiger partial charge >= 0.3 is 0 Å². The van der Waals surface area contributed by atoms with Crippen LogP contribution >= 0.6 is 15.9 Å². The smallest absolute Gasteiger partial charge is 0.132 e. The largest absolute Gasteiger partial charge is 0.357 e. The maximum atomic E-state index is 15.1. The van der Waals surface area contributed by atoms with Gasteiger partial charge in [-0.15, -0.1) is 0 Å². The van der Waals surface area contributed by atoms with E-state index < -0.39 is 17.7 Å². The Kier molecular flexibility index (Phi) is 5.46. The first-order chi connectivity index (χ1) is 13.9. The van der Waals surface area contributed by atoms with Crippen LogP contribution in [0.5, 0.6) is 0 Å². The number of benzene rings is 2. The molecule has 2 heterocycles. The second kappa shape index (κ2) is 7.89. The van der Waals surface area contributed by atoms with Gasteiger partial charge in [0.1, 0.15) is 11.6 Å². The first-order valence-electron chi connectivity index (χ1n) is 9.83. The van der Waals surface area contributed by atoms with E-state index >= 15 is 8.78 Å². The fraction of sp³-hybridized carbons (Fsp3) is 0.348. The molecule has 3 aromatic rings. The van der Waals surface area contributed by atoms with Gasteiger partial charge in [0, 0.05) is 39.2 Å². The summed E-state index contributed by atoms with van der Waals surface area (Å²) in [5, 5.41) is 10.6. The second-order valence-corrected chi connectivity index (χ2v) is 8.65. The lowest BCUT2D eigenvalue weighted by Crippen LogP contribution is -2.45. The first kappa shape index (κ1) is 20.1. The third-order valence-electron chi connectivity index (χ3n) is 5.94. The Labute approximate surface area is 177 Å². The molecule has 1 aliphatic heterocycles. The number of hydrogen-bond acceptors (Lipinski definition) is 2. The summed E-state index contributed by atoms with van der Waals surface area (Å²) >= 11 is 3.18. The number of nitrogens with zero attached hydrogens (tertiary/aromatic N) is 2. The number of H-pyrrole nitrogens is 1. The first-order valence-corrected chi connectivity index (χ1v) is 10.6. The number of hydrogen-bond donors (Lipinski definition) is 1. The summed E-state index contributed by atoms with van der Waals surface area (Å²) in [6.07, 6.45) is 1.45. The zero-order valence-corrected chi connectivity index (χ0v) is 17.9. The van der Waals surface area contributed by atoms with E-state index in [4.69, 9.17) is 0 Å². The van der Waals surface area contributed by atoms with Gasteiger partial charge in [0.2, 0.25) is 0 Å². The molecule has 150 valence electrons. The van der Waals surface area contributed by atoms with Crippen molar-refractivity contribution in [3.05, 3.63) is 69.3 Å². The van der Waals surface area contributed by atoms with Gasteiger partial charge in [-0.2, -0.15) is 5.26 Å². The van der Waals surface area contributed by atoms with E-state index in [1.807, 2.05) is 31.2 Å². The van der Waals surface area contributed by atoms with Crippen LogP contribution in [0.25, 0.3) is 10.9 Å². The number of fused-ring (bicyclic) bond motifs is 3. The molecule has 3 atom stereocenters. The van der Waals surface area contributed by atoms with Gasteiger partial charge in [-0.1, -0.05) is 41.1 Å². The molecule has 0 saturated heterocycles. The maximum Gasteiger partial charge on any atom is 0.132 e. The van der Waals surface area contributed by atoms with Gasteiger partial charge in [0.05, 0.1) is 18.0 Å². The molecule has 0 bridgehead atoms. The highest BCUT2D eigenvalue weighted by Gasteiger charge is 2.39. The molecule has 0 amide bonds. The van der Waals surface area contributed by atoms with Crippen molar-refractivity contribution in [2.45, 2.75) is 38.8 Å². The van der Waals surface area contributed by atoms with E-state index in [-0.39, 0.29) is 17.5 Å². The molecule has 29 heavy (non-hydrogen) atoms. The Balaban J connectivity index is 1.95. The molecular formula is C23H22BrF2N3. The molecule has 2 aromatic carbocycles. The third kappa shape index (κ3) is 3.47. The van der Waals surface area contributed by atoms with Crippen molar-refractivity contribution in [2.75, 3.05) is 6.54 Å². The van der Waals surface area contributed by atoms with Crippen LogP contribution in [0.3, 0.4) is 0 Å². The summed E-state index contributed by atoms with van der Waals surface area (Å²) in [7, 11) is 0. The Morgan fingerprint density at radius 3 is 2.62 bits per heavy atom. The van der Waals surface area contributed by atoms with Crippen molar-refractivity contribution >= 4 is 26.8 Å². The van der Waals surface area contributed by atoms with Gasteiger partial charge < -0.3 is 4.98 Å². The SMILES string of the molecule is CCC(C#N)CN1C(C)Cc2c([nH]c3ccccc23)C1c1c(F)cc(Br)cc1F. The van der Waals surface area contributed by atoms with E-state index in [0.29, 0.717) is 17.4 Å². The number of rotatable bonds is 4. The van der Waals surface area contributed by atoms with Crippen molar-refractivity contribution in [3.8, 4) is 6.07 Å². The number of nitriles is 1. The minimum atomic E-state index is -0.614. The van der Waals surface area contributed by atoms with Crippen molar-refractivity contribution in [1.29, 1.82) is 5.26 Å². The highest BCUT2D eigenvalue weighted by atomic mass is 79.9. The van der Waals surface area contributed by atoms with Gasteiger partial charge in [-0.05, 0) is 43.5 Å². The van der Waals surface area contributed by atoms with Crippen molar-refractivity contribution in [2.24, 2.45) is 5.92 Å². The lowest BCUT2D eigenvalue weighted by Gasteiger charge is -2.42. The van der Waals surface area contributed by atoms with E-state index in [0.717, 1.165) is 28.6 Å². The molecule has 0 aliphatic carbocycles. The molecule has 1 aromatic heterocycles. The lowest BCUT2D eigenvalue weighted by molar-refractivity contribution is 0.128. The molecular weight excluding hydrogens is 436 g/mol. The highest BCUT2D eigenvalue weighted by Crippen LogP contribution is 2.43. The molecule has 0 radical (unpaired) electrons. The van der Waals surface area contributed by atoms with E-state index in [1.54, 1.807) is 0 Å². The molecule has 3 nitrogen and oxygen atoms in total. The zero-order valence-electron chi connectivity index (χ0n) is 16.3. The minimum Gasteiger partial charge on any atom is -0.357 e. The third-order valence-corrected chi connectivity index (χ3v) is 6.40. The number of para-hydroxylation sites is 1. The Hall–Kier alpha value is -2.23. The van der Waals surface area contributed by atoms with Crippen LogP contribution in [0.15, 0.2) is 40.9 Å². The van der Waals surface area contributed by atoms with Crippen molar-refractivity contribution in [3.63, 3.8) is 0 Å². The van der Waals surface area contributed by atoms with Crippen LogP contribution in [-0.4, -0.2) is 22.5 Å². The molecule has 6 heteroatoms. The Morgan fingerprint density at radius 2 is 1.97 bits per heavy atom. The van der Waals surface area contributed by atoms with Gasteiger partial charge in [-0.3, -0.25) is 4.90 Å². The van der Waals surface area contributed by atoms with Gasteiger partial charge in [-0.25, -0.2) is 8.78 Å². The van der Waals surface area contributed by atoms with E-state index in [9.17, 15) is 5.26 Å². The van der Waals surface area contributed by atoms with Gasteiger partial charge in [0.25, 0.3) is 0 Å². The number of nitrogens with one attached hydrogen (secondary N) is 1. The van der Waals surface area contributed by atoms with Crippen molar-refractivity contribution < 1.29 is 8.78 Å². The minimum absolute atomic E-state index is 0.0281. The highest BCUT2D eigenvalue weighted by molar-refractivity contribution is 9.10. The molecule has 1 N–H and O–H groups in total. The standard InChI is InChI=1S/C23H22BrF2N3/c1-3-14(11-27)12-29-13(2)8-17-16-6-4-5-7-20(16)28-22(17)23(29)21-18(25)9-15(24)10-19(21)26/h4-7,9-10,13-14,23,28H,3,8,12H2,1-2H3. The summed E-state index contributed by atoms with van der Waals surface area (Å²) in [5.74, 6) is -1.38. The summed E-state index contributed by atoms with van der Waals surface area (Å²) in [5.41, 5.74) is 2.90. The normalized spacial score (nSPS) is 20.4. The van der Waals surface area contributed by atoms with Crippen LogP contribution in [0.4, 0.5) is 8.78 Å². The average molecular weight is 458 g/mol. The fourth-order valence-corrected chi connectivity index (χ4v) is 4.83. The quantitative estimate of drug-likeness (QED) is 0.514. The summed E-state index contributed by atoms with van der Waals surface area (Å²) < 4.78 is 30.5. The Bertz CT molecular complexity index is 1080.